The van der Waals surface area contributed by atoms with Crippen LogP contribution in [0.1, 0.15) is 27.6 Å². The molecule has 2 rings (SSSR count). The highest BCUT2D eigenvalue weighted by molar-refractivity contribution is 9.10. The van der Waals surface area contributed by atoms with E-state index in [0.717, 1.165) is 0 Å². The predicted molar refractivity (Wildman–Crippen MR) is 88.9 cm³/mol. The first kappa shape index (κ1) is 17.6. The molecule has 0 saturated carbocycles. The van der Waals surface area contributed by atoms with Crippen molar-refractivity contribution < 1.29 is 19.1 Å². The Balaban J connectivity index is 1.86. The summed E-state index contributed by atoms with van der Waals surface area (Å²) in [5.41, 5.74) is 5.06. The van der Waals surface area contributed by atoms with Gasteiger partial charge in [-0.25, -0.2) is 4.79 Å². The number of esters is 1. The quantitative estimate of drug-likeness (QED) is 0.612. The second-order valence-corrected chi connectivity index (χ2v) is 5.66. The summed E-state index contributed by atoms with van der Waals surface area (Å²) in [7, 11) is 0. The van der Waals surface area contributed by atoms with Gasteiger partial charge in [-0.1, -0.05) is 18.2 Å². The largest absolute Gasteiger partial charge is 0.449 e. The molecular weight excluding hydrogens is 378 g/mol. The number of hydrogen-bond donors (Lipinski definition) is 2. The van der Waals surface area contributed by atoms with Crippen LogP contribution in [-0.2, 0) is 9.53 Å². The van der Waals surface area contributed by atoms with Crippen LogP contribution in [0.4, 0.5) is 0 Å². The molecule has 8 heteroatoms. The van der Waals surface area contributed by atoms with Crippen LogP contribution in [0.25, 0.3) is 0 Å². The maximum atomic E-state index is 11.9. The molecule has 0 aliphatic heterocycles. The SMILES string of the molecule is C[C@H](OC(=O)c1cncc(Br)c1)C(=O)NNC(=O)c1ccccc1. The van der Waals surface area contributed by atoms with Crippen LogP contribution in [0.5, 0.6) is 0 Å². The van der Waals surface area contributed by atoms with Gasteiger partial charge in [0, 0.05) is 22.4 Å². The number of hydrogen-bond acceptors (Lipinski definition) is 5. The van der Waals surface area contributed by atoms with Gasteiger partial charge in [-0.3, -0.25) is 25.4 Å². The number of amides is 2. The standard InChI is InChI=1S/C16H14BrN3O4/c1-10(24-16(23)12-7-13(17)9-18-8-12)14(21)19-20-15(22)11-5-3-2-4-6-11/h2-10H,1H3,(H,19,21)(H,20,22)/t10-/m0/s1. The summed E-state index contributed by atoms with van der Waals surface area (Å²) in [4.78, 5) is 39.5. The van der Waals surface area contributed by atoms with E-state index in [0.29, 0.717) is 10.0 Å². The zero-order valence-corrected chi connectivity index (χ0v) is 14.2. The molecule has 1 aromatic heterocycles. The minimum Gasteiger partial charge on any atom is -0.449 e. The molecule has 0 radical (unpaired) electrons. The normalized spacial score (nSPS) is 11.2. The van der Waals surface area contributed by atoms with Gasteiger partial charge in [0.1, 0.15) is 0 Å². The summed E-state index contributed by atoms with van der Waals surface area (Å²) in [6.45, 7) is 1.40. The Bertz CT molecular complexity index is 752. The van der Waals surface area contributed by atoms with Crippen LogP contribution in [0.15, 0.2) is 53.3 Å². The Labute approximate surface area is 146 Å². The topological polar surface area (TPSA) is 97.4 Å². The molecule has 0 saturated heterocycles. The van der Waals surface area contributed by atoms with Crippen molar-refractivity contribution in [3.63, 3.8) is 0 Å². The number of carbonyl (C=O) groups is 3. The van der Waals surface area contributed by atoms with Crippen molar-refractivity contribution in [1.82, 2.24) is 15.8 Å². The molecule has 2 N–H and O–H groups in total. The Hall–Kier alpha value is -2.74. The van der Waals surface area contributed by atoms with Crippen molar-refractivity contribution in [3.05, 3.63) is 64.4 Å². The third-order valence-corrected chi connectivity index (χ3v) is 3.36. The monoisotopic (exact) mass is 391 g/mol. The second-order valence-electron chi connectivity index (χ2n) is 4.75. The second kappa shape index (κ2) is 8.21. The molecule has 124 valence electrons. The highest BCUT2D eigenvalue weighted by Crippen LogP contribution is 2.11. The van der Waals surface area contributed by atoms with E-state index in [1.54, 1.807) is 30.3 Å². The fraction of sp³-hybridized carbons (Fsp3) is 0.125. The van der Waals surface area contributed by atoms with Gasteiger partial charge in [-0.15, -0.1) is 0 Å². The Morgan fingerprint density at radius 3 is 2.46 bits per heavy atom. The number of nitrogens with one attached hydrogen (secondary N) is 2. The van der Waals surface area contributed by atoms with E-state index in [-0.39, 0.29) is 5.56 Å². The van der Waals surface area contributed by atoms with Gasteiger partial charge in [0.2, 0.25) is 0 Å². The number of ether oxygens (including phenoxy) is 1. The number of hydrazine groups is 1. The fourth-order valence-corrected chi connectivity index (χ4v) is 2.05. The number of rotatable bonds is 4. The molecule has 1 atom stereocenters. The first-order valence-corrected chi connectivity index (χ1v) is 7.73. The van der Waals surface area contributed by atoms with Gasteiger partial charge >= 0.3 is 5.97 Å². The van der Waals surface area contributed by atoms with E-state index in [4.69, 9.17) is 4.74 Å². The number of nitrogens with zero attached hydrogens (tertiary/aromatic N) is 1. The Morgan fingerprint density at radius 1 is 1.08 bits per heavy atom. The van der Waals surface area contributed by atoms with Gasteiger partial charge in [0.05, 0.1) is 5.56 Å². The van der Waals surface area contributed by atoms with Crippen molar-refractivity contribution >= 4 is 33.7 Å². The highest BCUT2D eigenvalue weighted by Gasteiger charge is 2.20. The highest BCUT2D eigenvalue weighted by atomic mass is 79.9. The van der Waals surface area contributed by atoms with E-state index in [2.05, 4.69) is 31.8 Å². The van der Waals surface area contributed by atoms with Crippen LogP contribution in [0.2, 0.25) is 0 Å². The minimum atomic E-state index is -1.09. The van der Waals surface area contributed by atoms with E-state index in [1.807, 2.05) is 0 Å². The fourth-order valence-electron chi connectivity index (χ4n) is 1.69. The average molecular weight is 392 g/mol. The van der Waals surface area contributed by atoms with Crippen molar-refractivity contribution in [2.24, 2.45) is 0 Å². The molecule has 2 amide bonds. The predicted octanol–water partition coefficient (Wildman–Crippen LogP) is 1.85. The molecule has 2 aromatic rings. The number of aromatic nitrogens is 1. The summed E-state index contributed by atoms with van der Waals surface area (Å²) < 4.78 is 5.64. The van der Waals surface area contributed by atoms with E-state index >= 15 is 0 Å². The zero-order chi connectivity index (χ0) is 17.5. The van der Waals surface area contributed by atoms with E-state index in [9.17, 15) is 14.4 Å². The molecule has 0 unspecified atom stereocenters. The van der Waals surface area contributed by atoms with Gasteiger partial charge in [0.15, 0.2) is 6.10 Å². The summed E-state index contributed by atoms with van der Waals surface area (Å²) in [5, 5.41) is 0. The molecular formula is C16H14BrN3O4. The minimum absolute atomic E-state index is 0.206. The molecule has 24 heavy (non-hydrogen) atoms. The Morgan fingerprint density at radius 2 is 1.79 bits per heavy atom. The molecule has 0 fully saturated rings. The molecule has 0 bridgehead atoms. The molecule has 1 aromatic carbocycles. The number of benzene rings is 1. The van der Waals surface area contributed by atoms with Crippen molar-refractivity contribution in [2.75, 3.05) is 0 Å². The number of halogens is 1. The summed E-state index contributed by atoms with van der Waals surface area (Å²) >= 11 is 3.19. The number of carbonyl (C=O) groups excluding carboxylic acids is 3. The smallest absolute Gasteiger partial charge is 0.340 e. The van der Waals surface area contributed by atoms with Gasteiger partial charge in [-0.2, -0.15) is 0 Å². The van der Waals surface area contributed by atoms with Gasteiger partial charge in [-0.05, 0) is 41.1 Å². The maximum Gasteiger partial charge on any atom is 0.340 e. The zero-order valence-electron chi connectivity index (χ0n) is 12.7. The summed E-state index contributed by atoms with van der Waals surface area (Å²) in [5.74, 6) is -1.82. The summed E-state index contributed by atoms with van der Waals surface area (Å²) in [6, 6.07) is 9.90. The van der Waals surface area contributed by atoms with Crippen LogP contribution in [-0.4, -0.2) is 28.9 Å². The number of pyridine rings is 1. The Kier molecular flexibility index (Phi) is 6.02. The lowest BCUT2D eigenvalue weighted by Crippen LogP contribution is -2.46. The van der Waals surface area contributed by atoms with Crippen LogP contribution >= 0.6 is 15.9 Å². The van der Waals surface area contributed by atoms with Crippen molar-refractivity contribution in [3.8, 4) is 0 Å². The lowest BCUT2D eigenvalue weighted by Gasteiger charge is -2.14. The van der Waals surface area contributed by atoms with Gasteiger partial charge in [0.25, 0.3) is 11.8 Å². The third-order valence-electron chi connectivity index (χ3n) is 2.93. The van der Waals surface area contributed by atoms with E-state index < -0.39 is 23.9 Å². The van der Waals surface area contributed by atoms with Crippen LogP contribution in [0.3, 0.4) is 0 Å². The van der Waals surface area contributed by atoms with Gasteiger partial charge < -0.3 is 4.74 Å². The molecule has 0 aliphatic carbocycles. The van der Waals surface area contributed by atoms with E-state index in [1.165, 1.54) is 25.4 Å². The average Bonchev–Trinajstić information content (AvgIpc) is 2.60. The van der Waals surface area contributed by atoms with Crippen LogP contribution in [0, 0.1) is 0 Å². The molecule has 1 heterocycles. The summed E-state index contributed by atoms with van der Waals surface area (Å²) in [6.07, 6.45) is 1.76. The maximum absolute atomic E-state index is 11.9. The molecule has 0 aliphatic rings. The lowest BCUT2D eigenvalue weighted by atomic mass is 10.2. The molecule has 7 nitrogen and oxygen atoms in total. The van der Waals surface area contributed by atoms with Crippen molar-refractivity contribution in [1.29, 1.82) is 0 Å². The van der Waals surface area contributed by atoms with Crippen LogP contribution < -0.4 is 10.9 Å². The third kappa shape index (κ3) is 4.88. The van der Waals surface area contributed by atoms with Crippen molar-refractivity contribution in [2.45, 2.75) is 13.0 Å². The molecule has 0 spiro atoms. The first-order chi connectivity index (χ1) is 11.5. The lowest BCUT2D eigenvalue weighted by molar-refractivity contribution is -0.129. The first-order valence-electron chi connectivity index (χ1n) is 6.94.